The molecule has 0 aromatic carbocycles. The van der Waals surface area contributed by atoms with Gasteiger partial charge in [0.25, 0.3) is 11.8 Å². The van der Waals surface area contributed by atoms with E-state index in [1.165, 1.54) is 0 Å². The second-order valence-corrected chi connectivity index (χ2v) is 2.21. The number of nitrogens with zero attached hydrogens (tertiary/aromatic N) is 1. The first kappa shape index (κ1) is 11.3. The van der Waals surface area contributed by atoms with Gasteiger partial charge in [0.2, 0.25) is 5.91 Å². The molecule has 0 saturated carbocycles. The number of rotatable bonds is 4. The molecule has 0 rings (SSSR count). The Morgan fingerprint density at radius 3 is 2.31 bits per heavy atom. The third-order valence-corrected chi connectivity index (χ3v) is 1.20. The predicted octanol–water partition coefficient (Wildman–Crippen LogP) is -0.818. The number of hydrogen-bond acceptors (Lipinski definition) is 4. The molecular formula is C7H10N2O4. The largest absolute Gasteiger partial charge is 0.370 e. The predicted molar refractivity (Wildman–Crippen MR) is 42.3 cm³/mol. The fraction of sp³-hybridized carbons (Fsp3) is 0.286. The van der Waals surface area contributed by atoms with E-state index in [9.17, 15) is 14.4 Å². The van der Waals surface area contributed by atoms with Gasteiger partial charge < -0.3 is 5.73 Å². The van der Waals surface area contributed by atoms with Crippen LogP contribution in [0.4, 0.5) is 0 Å². The van der Waals surface area contributed by atoms with Crippen LogP contribution in [0.5, 0.6) is 0 Å². The van der Waals surface area contributed by atoms with Gasteiger partial charge in [-0.05, 0) is 6.08 Å². The highest BCUT2D eigenvalue weighted by Gasteiger charge is 2.16. The Bertz CT molecular complexity index is 249. The van der Waals surface area contributed by atoms with Crippen LogP contribution >= 0.6 is 0 Å². The summed E-state index contributed by atoms with van der Waals surface area (Å²) >= 11 is 0. The lowest BCUT2D eigenvalue weighted by molar-refractivity contribution is -0.175. The fourth-order valence-electron chi connectivity index (χ4n) is 0.545. The van der Waals surface area contributed by atoms with Crippen LogP contribution in [0.15, 0.2) is 12.7 Å². The Labute approximate surface area is 74.6 Å². The third kappa shape index (κ3) is 4.02. The van der Waals surface area contributed by atoms with E-state index in [0.29, 0.717) is 0 Å². The SMILES string of the molecule is C=CC(=O)N(O)C(=O)CCC(N)=O. The lowest BCUT2D eigenvalue weighted by atomic mass is 10.3. The molecule has 3 amide bonds. The maximum atomic E-state index is 10.8. The van der Waals surface area contributed by atoms with Crippen LogP contribution in [-0.2, 0) is 14.4 Å². The highest BCUT2D eigenvalue weighted by molar-refractivity contribution is 5.99. The van der Waals surface area contributed by atoms with Crippen molar-refractivity contribution in [1.29, 1.82) is 0 Å². The van der Waals surface area contributed by atoms with E-state index in [0.717, 1.165) is 6.08 Å². The maximum Gasteiger partial charge on any atom is 0.276 e. The molecule has 0 aromatic rings. The number of imide groups is 1. The monoisotopic (exact) mass is 186 g/mol. The first-order valence-electron chi connectivity index (χ1n) is 3.45. The van der Waals surface area contributed by atoms with E-state index in [1.807, 2.05) is 0 Å². The Kier molecular flexibility index (Phi) is 4.39. The van der Waals surface area contributed by atoms with Crippen molar-refractivity contribution in [3.8, 4) is 0 Å². The molecule has 0 bridgehead atoms. The number of carbonyl (C=O) groups excluding carboxylic acids is 3. The summed E-state index contributed by atoms with van der Waals surface area (Å²) in [6, 6.07) is 0. The van der Waals surface area contributed by atoms with Crippen LogP contribution in [-0.4, -0.2) is 28.0 Å². The minimum absolute atomic E-state index is 0.101. The zero-order chi connectivity index (χ0) is 10.4. The molecule has 0 atom stereocenters. The van der Waals surface area contributed by atoms with Gasteiger partial charge in [0.05, 0.1) is 0 Å². The van der Waals surface area contributed by atoms with Crippen LogP contribution in [0.1, 0.15) is 12.8 Å². The molecule has 0 unspecified atom stereocenters. The van der Waals surface area contributed by atoms with Crippen molar-refractivity contribution in [2.45, 2.75) is 12.8 Å². The number of hydrogen-bond donors (Lipinski definition) is 2. The maximum absolute atomic E-state index is 10.8. The second-order valence-electron chi connectivity index (χ2n) is 2.21. The van der Waals surface area contributed by atoms with E-state index in [-0.39, 0.29) is 17.9 Å². The smallest absolute Gasteiger partial charge is 0.276 e. The number of primary amides is 1. The lowest BCUT2D eigenvalue weighted by Crippen LogP contribution is -2.32. The third-order valence-electron chi connectivity index (χ3n) is 1.20. The summed E-state index contributed by atoms with van der Waals surface area (Å²) in [4.78, 5) is 31.7. The minimum Gasteiger partial charge on any atom is -0.370 e. The molecule has 0 spiro atoms. The van der Waals surface area contributed by atoms with E-state index in [1.54, 1.807) is 0 Å². The summed E-state index contributed by atoms with van der Waals surface area (Å²) in [5.74, 6) is -2.49. The van der Waals surface area contributed by atoms with Gasteiger partial charge in [0, 0.05) is 12.8 Å². The minimum atomic E-state index is -0.936. The van der Waals surface area contributed by atoms with E-state index >= 15 is 0 Å². The van der Waals surface area contributed by atoms with Gasteiger partial charge in [0.15, 0.2) is 0 Å². The molecule has 0 radical (unpaired) electrons. The van der Waals surface area contributed by atoms with Crippen molar-refractivity contribution in [3.63, 3.8) is 0 Å². The van der Waals surface area contributed by atoms with E-state index in [4.69, 9.17) is 10.9 Å². The van der Waals surface area contributed by atoms with Crippen molar-refractivity contribution in [2.75, 3.05) is 0 Å². The van der Waals surface area contributed by atoms with Gasteiger partial charge in [0.1, 0.15) is 0 Å². The van der Waals surface area contributed by atoms with E-state index in [2.05, 4.69) is 6.58 Å². The van der Waals surface area contributed by atoms with Crippen molar-refractivity contribution in [2.24, 2.45) is 5.73 Å². The average molecular weight is 186 g/mol. The fourth-order valence-corrected chi connectivity index (χ4v) is 0.545. The zero-order valence-corrected chi connectivity index (χ0v) is 6.90. The Balaban J connectivity index is 4.03. The molecule has 0 saturated heterocycles. The molecular weight excluding hydrogens is 176 g/mol. The lowest BCUT2D eigenvalue weighted by Gasteiger charge is -2.09. The summed E-state index contributed by atoms with van der Waals surface area (Å²) in [6.07, 6.45) is 0.272. The van der Waals surface area contributed by atoms with E-state index < -0.39 is 17.7 Å². The highest BCUT2D eigenvalue weighted by Crippen LogP contribution is 1.95. The molecule has 0 aliphatic heterocycles. The quantitative estimate of drug-likeness (QED) is 0.340. The Morgan fingerprint density at radius 1 is 1.38 bits per heavy atom. The molecule has 0 aliphatic carbocycles. The van der Waals surface area contributed by atoms with Crippen LogP contribution in [0.2, 0.25) is 0 Å². The Hall–Kier alpha value is -1.69. The first-order chi connectivity index (χ1) is 5.99. The summed E-state index contributed by atoms with van der Waals surface area (Å²) < 4.78 is 0. The zero-order valence-electron chi connectivity index (χ0n) is 6.90. The molecule has 0 aliphatic rings. The summed E-state index contributed by atoms with van der Waals surface area (Å²) in [5.41, 5.74) is 4.75. The normalized spacial score (nSPS) is 9.00. The van der Waals surface area contributed by atoms with Crippen molar-refractivity contribution < 1.29 is 19.6 Å². The number of hydroxylamine groups is 2. The summed E-state index contributed by atoms with van der Waals surface area (Å²) in [5, 5.41) is 8.71. The van der Waals surface area contributed by atoms with Crippen LogP contribution < -0.4 is 5.73 Å². The molecule has 13 heavy (non-hydrogen) atoms. The van der Waals surface area contributed by atoms with Gasteiger partial charge in [-0.15, -0.1) is 0 Å². The van der Waals surface area contributed by atoms with Crippen LogP contribution in [0.25, 0.3) is 0 Å². The number of carbonyl (C=O) groups is 3. The molecule has 6 nitrogen and oxygen atoms in total. The summed E-state index contributed by atoms with van der Waals surface area (Å²) in [6.45, 7) is 3.06. The van der Waals surface area contributed by atoms with Gasteiger partial charge in [-0.25, -0.2) is 0 Å². The van der Waals surface area contributed by atoms with Gasteiger partial charge in [-0.1, -0.05) is 6.58 Å². The molecule has 3 N–H and O–H groups in total. The number of amides is 3. The highest BCUT2D eigenvalue weighted by atomic mass is 16.5. The first-order valence-corrected chi connectivity index (χ1v) is 3.45. The van der Waals surface area contributed by atoms with Crippen molar-refractivity contribution in [3.05, 3.63) is 12.7 Å². The molecule has 0 aromatic heterocycles. The van der Waals surface area contributed by atoms with Crippen molar-refractivity contribution >= 4 is 17.7 Å². The molecule has 0 heterocycles. The van der Waals surface area contributed by atoms with Crippen molar-refractivity contribution in [1.82, 2.24) is 5.06 Å². The Morgan fingerprint density at radius 2 is 1.92 bits per heavy atom. The summed E-state index contributed by atoms with van der Waals surface area (Å²) in [7, 11) is 0. The molecule has 72 valence electrons. The second kappa shape index (κ2) is 5.04. The van der Waals surface area contributed by atoms with Gasteiger partial charge in [-0.2, -0.15) is 5.06 Å². The van der Waals surface area contributed by atoms with Crippen LogP contribution in [0, 0.1) is 0 Å². The standard InChI is InChI=1S/C7H10N2O4/c1-2-6(11)9(13)7(12)4-3-5(8)10/h2,13H,1,3-4H2,(H2,8,10). The van der Waals surface area contributed by atoms with Gasteiger partial charge in [-0.3, -0.25) is 19.6 Å². The molecule has 0 fully saturated rings. The molecule has 6 heteroatoms. The van der Waals surface area contributed by atoms with Gasteiger partial charge >= 0.3 is 0 Å². The van der Waals surface area contributed by atoms with Crippen LogP contribution in [0.3, 0.4) is 0 Å². The number of nitrogens with two attached hydrogens (primary N) is 1. The topological polar surface area (TPSA) is 101 Å². The average Bonchev–Trinajstić information content (AvgIpc) is 2.11.